The van der Waals surface area contributed by atoms with E-state index in [1.807, 2.05) is 77.7 Å². The predicted octanol–water partition coefficient (Wildman–Crippen LogP) is 5.18. The van der Waals surface area contributed by atoms with Crippen LogP contribution in [-0.4, -0.2) is 36.9 Å². The van der Waals surface area contributed by atoms with Crippen LogP contribution in [0.15, 0.2) is 72.8 Å². The smallest absolute Gasteiger partial charge is 0.253 e. The topological polar surface area (TPSA) is 58.6 Å². The van der Waals surface area contributed by atoms with E-state index in [1.165, 1.54) is 0 Å². The Bertz CT molecular complexity index is 1120. The Hall–Kier alpha value is -3.31. The maximum atomic E-state index is 13.0. The van der Waals surface area contributed by atoms with Crippen molar-refractivity contribution in [2.24, 2.45) is 5.92 Å². The van der Waals surface area contributed by atoms with E-state index >= 15 is 0 Å². The molecule has 0 aliphatic carbocycles. The first-order chi connectivity index (χ1) is 16.0. The van der Waals surface area contributed by atoms with Crippen LogP contribution < -0.4 is 10.1 Å². The SMILES string of the molecule is COc1cccc(-c2ccc(C(=O)N3CCC(C(=O)NCc4cccc(Cl)c4)CC3)cc2)c1. The van der Waals surface area contributed by atoms with E-state index in [9.17, 15) is 9.59 Å². The number of nitrogens with zero attached hydrogens (tertiary/aromatic N) is 1. The van der Waals surface area contributed by atoms with Gasteiger partial charge in [-0.15, -0.1) is 0 Å². The Morgan fingerprint density at radius 1 is 0.970 bits per heavy atom. The Kier molecular flexibility index (Phi) is 7.30. The number of likely N-dealkylation sites (tertiary alicyclic amines) is 1. The van der Waals surface area contributed by atoms with E-state index in [2.05, 4.69) is 5.32 Å². The number of ether oxygens (including phenoxy) is 1. The van der Waals surface area contributed by atoms with E-state index in [0.29, 0.717) is 43.1 Å². The van der Waals surface area contributed by atoms with Gasteiger partial charge in [-0.3, -0.25) is 9.59 Å². The molecule has 33 heavy (non-hydrogen) atoms. The van der Waals surface area contributed by atoms with Crippen molar-refractivity contribution in [3.05, 3.63) is 88.9 Å². The van der Waals surface area contributed by atoms with Crippen LogP contribution in [0.25, 0.3) is 11.1 Å². The molecule has 0 saturated carbocycles. The van der Waals surface area contributed by atoms with Crippen molar-refractivity contribution >= 4 is 23.4 Å². The third-order valence-corrected chi connectivity index (χ3v) is 6.28. The lowest BCUT2D eigenvalue weighted by atomic mass is 9.95. The normalized spacial score (nSPS) is 14.1. The lowest BCUT2D eigenvalue weighted by Crippen LogP contribution is -2.42. The molecule has 0 unspecified atom stereocenters. The fourth-order valence-electron chi connectivity index (χ4n) is 4.12. The van der Waals surface area contributed by atoms with Gasteiger partial charge in [-0.2, -0.15) is 0 Å². The molecule has 3 aromatic carbocycles. The summed E-state index contributed by atoms with van der Waals surface area (Å²) in [6.07, 6.45) is 1.32. The molecule has 0 atom stereocenters. The van der Waals surface area contributed by atoms with Crippen LogP contribution in [0.5, 0.6) is 5.75 Å². The van der Waals surface area contributed by atoms with Gasteiger partial charge in [0.25, 0.3) is 5.91 Å². The summed E-state index contributed by atoms with van der Waals surface area (Å²) in [4.78, 5) is 27.4. The maximum absolute atomic E-state index is 13.0. The zero-order chi connectivity index (χ0) is 23.2. The molecule has 1 N–H and O–H groups in total. The van der Waals surface area contributed by atoms with Gasteiger partial charge in [-0.1, -0.05) is 48.0 Å². The summed E-state index contributed by atoms with van der Waals surface area (Å²) >= 11 is 6.00. The number of piperidine rings is 1. The molecule has 5 nitrogen and oxygen atoms in total. The number of amides is 2. The molecule has 0 aromatic heterocycles. The van der Waals surface area contributed by atoms with Crippen molar-refractivity contribution in [2.75, 3.05) is 20.2 Å². The van der Waals surface area contributed by atoms with E-state index in [-0.39, 0.29) is 17.7 Å². The van der Waals surface area contributed by atoms with Gasteiger partial charge >= 0.3 is 0 Å². The van der Waals surface area contributed by atoms with Gasteiger partial charge in [0.05, 0.1) is 7.11 Å². The van der Waals surface area contributed by atoms with Gasteiger partial charge in [0.15, 0.2) is 0 Å². The van der Waals surface area contributed by atoms with Crippen molar-refractivity contribution in [3.63, 3.8) is 0 Å². The van der Waals surface area contributed by atoms with Crippen LogP contribution in [0.4, 0.5) is 0 Å². The quantitative estimate of drug-likeness (QED) is 0.548. The highest BCUT2D eigenvalue weighted by Gasteiger charge is 2.27. The average molecular weight is 463 g/mol. The fraction of sp³-hybridized carbons (Fsp3) is 0.259. The molecular formula is C27H27ClN2O3. The number of nitrogens with one attached hydrogen (secondary N) is 1. The number of hydrogen-bond donors (Lipinski definition) is 1. The van der Waals surface area contributed by atoms with Crippen LogP contribution in [0.1, 0.15) is 28.8 Å². The fourth-order valence-corrected chi connectivity index (χ4v) is 4.33. The Labute approximate surface area is 199 Å². The molecule has 2 amide bonds. The van der Waals surface area contributed by atoms with Gasteiger partial charge in [-0.05, 0) is 65.9 Å². The zero-order valence-corrected chi connectivity index (χ0v) is 19.3. The largest absolute Gasteiger partial charge is 0.497 e. The molecule has 6 heteroatoms. The standard InChI is InChI=1S/C27H27ClN2O3/c1-33-25-7-3-5-23(17-25)20-8-10-22(11-9-20)27(32)30-14-12-21(13-15-30)26(31)29-18-19-4-2-6-24(28)16-19/h2-11,16-17,21H,12-15,18H2,1H3,(H,29,31). The molecule has 1 aliphatic heterocycles. The monoisotopic (exact) mass is 462 g/mol. The number of carbonyl (C=O) groups excluding carboxylic acids is 2. The Balaban J connectivity index is 1.30. The van der Waals surface area contributed by atoms with Gasteiger partial charge < -0.3 is 15.0 Å². The lowest BCUT2D eigenvalue weighted by molar-refractivity contribution is -0.126. The minimum atomic E-state index is -0.0799. The number of methoxy groups -OCH3 is 1. The molecule has 3 aromatic rings. The van der Waals surface area contributed by atoms with Crippen LogP contribution in [0.2, 0.25) is 5.02 Å². The molecule has 0 bridgehead atoms. The lowest BCUT2D eigenvalue weighted by Gasteiger charge is -2.31. The molecule has 1 fully saturated rings. The highest BCUT2D eigenvalue weighted by atomic mass is 35.5. The molecule has 0 spiro atoms. The highest BCUT2D eigenvalue weighted by Crippen LogP contribution is 2.25. The number of halogens is 1. The van der Waals surface area contributed by atoms with Gasteiger partial charge in [0.1, 0.15) is 5.75 Å². The summed E-state index contributed by atoms with van der Waals surface area (Å²) in [7, 11) is 1.65. The van der Waals surface area contributed by atoms with E-state index in [4.69, 9.17) is 16.3 Å². The van der Waals surface area contributed by atoms with Gasteiger partial charge in [0, 0.05) is 36.1 Å². The molecular weight excluding hydrogens is 436 g/mol. The van der Waals surface area contributed by atoms with E-state index in [0.717, 1.165) is 22.4 Å². The number of hydrogen-bond acceptors (Lipinski definition) is 3. The summed E-state index contributed by atoms with van der Waals surface area (Å²) < 4.78 is 5.29. The van der Waals surface area contributed by atoms with E-state index in [1.54, 1.807) is 7.11 Å². The summed E-state index contributed by atoms with van der Waals surface area (Å²) in [6.45, 7) is 1.61. The summed E-state index contributed by atoms with van der Waals surface area (Å²) in [5, 5.41) is 3.65. The minimum absolute atomic E-state index is 0.00461. The molecule has 1 saturated heterocycles. The first kappa shape index (κ1) is 22.9. The molecule has 0 radical (unpaired) electrons. The van der Waals surface area contributed by atoms with Crippen LogP contribution in [-0.2, 0) is 11.3 Å². The molecule has 1 aliphatic rings. The number of benzene rings is 3. The van der Waals surface area contributed by atoms with Crippen LogP contribution >= 0.6 is 11.6 Å². The van der Waals surface area contributed by atoms with E-state index < -0.39 is 0 Å². The highest BCUT2D eigenvalue weighted by molar-refractivity contribution is 6.30. The Morgan fingerprint density at radius 2 is 1.70 bits per heavy atom. The summed E-state index contributed by atoms with van der Waals surface area (Å²) in [5.41, 5.74) is 3.70. The van der Waals surface area contributed by atoms with Crippen molar-refractivity contribution in [1.82, 2.24) is 10.2 Å². The third kappa shape index (κ3) is 5.74. The molecule has 1 heterocycles. The third-order valence-electron chi connectivity index (χ3n) is 6.04. The van der Waals surface area contributed by atoms with Crippen molar-refractivity contribution < 1.29 is 14.3 Å². The van der Waals surface area contributed by atoms with Crippen molar-refractivity contribution in [1.29, 1.82) is 0 Å². The van der Waals surface area contributed by atoms with Crippen molar-refractivity contribution in [2.45, 2.75) is 19.4 Å². The first-order valence-corrected chi connectivity index (χ1v) is 11.5. The van der Waals surface area contributed by atoms with Crippen LogP contribution in [0.3, 0.4) is 0 Å². The molecule has 4 rings (SSSR count). The Morgan fingerprint density at radius 3 is 2.39 bits per heavy atom. The minimum Gasteiger partial charge on any atom is -0.497 e. The second-order valence-corrected chi connectivity index (χ2v) is 8.66. The maximum Gasteiger partial charge on any atom is 0.253 e. The van der Waals surface area contributed by atoms with Crippen LogP contribution in [0, 0.1) is 5.92 Å². The average Bonchev–Trinajstić information content (AvgIpc) is 2.87. The summed E-state index contributed by atoms with van der Waals surface area (Å²) in [5.74, 6) is 0.755. The van der Waals surface area contributed by atoms with Gasteiger partial charge in [0.2, 0.25) is 5.91 Å². The number of rotatable bonds is 6. The second-order valence-electron chi connectivity index (χ2n) is 8.22. The molecule has 170 valence electrons. The number of carbonyl (C=O) groups is 2. The van der Waals surface area contributed by atoms with Crippen molar-refractivity contribution in [3.8, 4) is 16.9 Å². The second kappa shape index (κ2) is 10.5. The zero-order valence-electron chi connectivity index (χ0n) is 18.6. The van der Waals surface area contributed by atoms with Gasteiger partial charge in [-0.25, -0.2) is 0 Å². The summed E-state index contributed by atoms with van der Waals surface area (Å²) in [6, 6.07) is 22.9. The first-order valence-electron chi connectivity index (χ1n) is 11.1. The predicted molar refractivity (Wildman–Crippen MR) is 130 cm³/mol.